The van der Waals surface area contributed by atoms with E-state index < -0.39 is 5.97 Å². The number of benzene rings is 2. The SMILES string of the molecule is CCc1nc(-c2cccc(OCCOc3ccc(OC)cc3)c2)sc1C(=O)O. The zero-order valence-electron chi connectivity index (χ0n) is 15.7. The zero-order chi connectivity index (χ0) is 19.9. The molecule has 7 heteroatoms. The summed E-state index contributed by atoms with van der Waals surface area (Å²) in [7, 11) is 1.62. The van der Waals surface area contributed by atoms with Crippen molar-refractivity contribution >= 4 is 17.3 Å². The van der Waals surface area contributed by atoms with Crippen molar-refractivity contribution in [1.29, 1.82) is 0 Å². The average Bonchev–Trinajstić information content (AvgIpc) is 3.17. The van der Waals surface area contributed by atoms with E-state index in [1.54, 1.807) is 7.11 Å². The Morgan fingerprint density at radius 3 is 2.32 bits per heavy atom. The molecule has 6 nitrogen and oxygen atoms in total. The van der Waals surface area contributed by atoms with Crippen molar-refractivity contribution < 1.29 is 24.1 Å². The van der Waals surface area contributed by atoms with Crippen molar-refractivity contribution in [2.45, 2.75) is 13.3 Å². The van der Waals surface area contributed by atoms with E-state index in [1.807, 2.05) is 55.5 Å². The number of hydrogen-bond donors (Lipinski definition) is 1. The zero-order valence-corrected chi connectivity index (χ0v) is 16.5. The summed E-state index contributed by atoms with van der Waals surface area (Å²) >= 11 is 1.18. The van der Waals surface area contributed by atoms with Crippen LogP contribution in [0.3, 0.4) is 0 Å². The molecule has 1 N–H and O–H groups in total. The second kappa shape index (κ2) is 9.23. The Bertz CT molecular complexity index is 936. The van der Waals surface area contributed by atoms with Gasteiger partial charge < -0.3 is 19.3 Å². The van der Waals surface area contributed by atoms with Gasteiger partial charge in [0.15, 0.2) is 0 Å². The van der Waals surface area contributed by atoms with Crippen molar-refractivity contribution in [3.05, 3.63) is 59.1 Å². The van der Waals surface area contributed by atoms with E-state index in [2.05, 4.69) is 4.98 Å². The topological polar surface area (TPSA) is 77.9 Å². The molecule has 1 heterocycles. The first kappa shape index (κ1) is 19.7. The van der Waals surface area contributed by atoms with E-state index in [1.165, 1.54) is 11.3 Å². The van der Waals surface area contributed by atoms with Crippen LogP contribution in [0.1, 0.15) is 22.3 Å². The first-order chi connectivity index (χ1) is 13.6. The van der Waals surface area contributed by atoms with Gasteiger partial charge >= 0.3 is 5.97 Å². The van der Waals surface area contributed by atoms with Gasteiger partial charge in [0.1, 0.15) is 40.3 Å². The molecule has 0 saturated heterocycles. The molecule has 0 atom stereocenters. The maximum atomic E-state index is 11.3. The molecular formula is C21H21NO5S. The molecule has 0 saturated carbocycles. The van der Waals surface area contributed by atoms with Crippen molar-refractivity contribution in [2.24, 2.45) is 0 Å². The Morgan fingerprint density at radius 1 is 1.04 bits per heavy atom. The number of rotatable bonds is 9. The predicted octanol–water partition coefficient (Wildman–Crippen LogP) is 4.54. The molecule has 2 aromatic carbocycles. The molecule has 146 valence electrons. The first-order valence-corrected chi connectivity index (χ1v) is 9.65. The lowest BCUT2D eigenvalue weighted by Gasteiger charge is -2.09. The molecule has 0 bridgehead atoms. The second-order valence-corrected chi connectivity index (χ2v) is 6.85. The molecule has 3 rings (SSSR count). The van der Waals surface area contributed by atoms with E-state index in [4.69, 9.17) is 14.2 Å². The minimum absolute atomic E-state index is 0.289. The molecule has 0 aliphatic rings. The second-order valence-electron chi connectivity index (χ2n) is 5.85. The largest absolute Gasteiger partial charge is 0.497 e. The summed E-state index contributed by atoms with van der Waals surface area (Å²) in [6, 6.07) is 14.8. The minimum atomic E-state index is -0.941. The van der Waals surface area contributed by atoms with Crippen molar-refractivity contribution in [3.63, 3.8) is 0 Å². The third kappa shape index (κ3) is 4.80. The van der Waals surface area contributed by atoms with Crippen LogP contribution >= 0.6 is 11.3 Å². The average molecular weight is 399 g/mol. The molecule has 3 aromatic rings. The Balaban J connectivity index is 1.59. The van der Waals surface area contributed by atoms with Crippen LogP contribution < -0.4 is 14.2 Å². The van der Waals surface area contributed by atoms with E-state index in [0.717, 1.165) is 17.1 Å². The molecule has 1 aromatic heterocycles. The van der Waals surface area contributed by atoms with Crippen LogP contribution in [0.2, 0.25) is 0 Å². The fraction of sp³-hybridized carbons (Fsp3) is 0.238. The number of carboxylic acid groups (broad SMARTS) is 1. The summed E-state index contributed by atoms with van der Waals surface area (Å²) in [6.45, 7) is 2.68. The van der Waals surface area contributed by atoms with Gasteiger partial charge in [0.05, 0.1) is 12.8 Å². The van der Waals surface area contributed by atoms with Gasteiger partial charge in [-0.2, -0.15) is 0 Å². The molecular weight excluding hydrogens is 378 g/mol. The van der Waals surface area contributed by atoms with Gasteiger partial charge in [0.2, 0.25) is 0 Å². The number of aryl methyl sites for hydroxylation is 1. The fourth-order valence-electron chi connectivity index (χ4n) is 2.59. The number of thiazole rings is 1. The van der Waals surface area contributed by atoms with E-state index >= 15 is 0 Å². The molecule has 0 aliphatic carbocycles. The number of aromatic nitrogens is 1. The number of methoxy groups -OCH3 is 1. The highest BCUT2D eigenvalue weighted by Gasteiger charge is 2.17. The number of hydrogen-bond acceptors (Lipinski definition) is 6. The van der Waals surface area contributed by atoms with Crippen LogP contribution in [0.25, 0.3) is 10.6 Å². The highest BCUT2D eigenvalue weighted by atomic mass is 32.1. The molecule has 0 aliphatic heterocycles. The smallest absolute Gasteiger partial charge is 0.347 e. The van der Waals surface area contributed by atoms with Crippen molar-refractivity contribution in [2.75, 3.05) is 20.3 Å². The lowest BCUT2D eigenvalue weighted by Crippen LogP contribution is -2.08. The number of aromatic carboxylic acids is 1. The molecule has 28 heavy (non-hydrogen) atoms. The van der Waals surface area contributed by atoms with Crippen LogP contribution in [0.5, 0.6) is 17.2 Å². The standard InChI is InChI=1S/C21H21NO5S/c1-3-18-19(21(23)24)28-20(22-18)14-5-4-6-17(13-14)27-12-11-26-16-9-7-15(25-2)8-10-16/h4-10,13H,3,11-12H2,1-2H3,(H,23,24). The molecule has 0 spiro atoms. The van der Waals surface area contributed by atoms with Gasteiger partial charge in [-0.15, -0.1) is 11.3 Å². The number of carboxylic acids is 1. The lowest BCUT2D eigenvalue weighted by molar-refractivity contribution is 0.0701. The summed E-state index contributed by atoms with van der Waals surface area (Å²) in [5, 5.41) is 9.98. The Hall–Kier alpha value is -3.06. The Morgan fingerprint density at radius 2 is 1.71 bits per heavy atom. The normalized spacial score (nSPS) is 10.5. The summed E-state index contributed by atoms with van der Waals surface area (Å²) in [5.41, 5.74) is 1.44. The van der Waals surface area contributed by atoms with E-state index in [9.17, 15) is 9.90 Å². The third-order valence-corrected chi connectivity index (χ3v) is 5.12. The Labute approximate surface area is 167 Å². The summed E-state index contributed by atoms with van der Waals surface area (Å²) in [6.07, 6.45) is 0.580. The van der Waals surface area contributed by atoms with Gasteiger partial charge in [-0.3, -0.25) is 0 Å². The van der Waals surface area contributed by atoms with Crippen LogP contribution in [0, 0.1) is 0 Å². The molecule has 0 unspecified atom stereocenters. The highest BCUT2D eigenvalue weighted by molar-refractivity contribution is 7.17. The maximum absolute atomic E-state index is 11.3. The summed E-state index contributed by atoms with van der Waals surface area (Å²) < 4.78 is 16.5. The van der Waals surface area contributed by atoms with Gasteiger partial charge in [0.25, 0.3) is 0 Å². The fourth-order valence-corrected chi connectivity index (χ4v) is 3.58. The summed E-state index contributed by atoms with van der Waals surface area (Å²) in [4.78, 5) is 16.1. The minimum Gasteiger partial charge on any atom is -0.497 e. The van der Waals surface area contributed by atoms with Gasteiger partial charge in [-0.25, -0.2) is 9.78 Å². The van der Waals surface area contributed by atoms with E-state index in [0.29, 0.717) is 36.1 Å². The molecule has 0 radical (unpaired) electrons. The quantitative estimate of drug-likeness (QED) is 0.533. The van der Waals surface area contributed by atoms with Gasteiger partial charge in [0, 0.05) is 5.56 Å². The maximum Gasteiger partial charge on any atom is 0.347 e. The van der Waals surface area contributed by atoms with Crippen molar-refractivity contribution in [3.8, 4) is 27.8 Å². The van der Waals surface area contributed by atoms with Crippen LogP contribution in [0.15, 0.2) is 48.5 Å². The lowest BCUT2D eigenvalue weighted by atomic mass is 10.2. The van der Waals surface area contributed by atoms with Gasteiger partial charge in [-0.1, -0.05) is 19.1 Å². The monoisotopic (exact) mass is 399 g/mol. The van der Waals surface area contributed by atoms with Gasteiger partial charge in [-0.05, 0) is 42.8 Å². The number of carbonyl (C=O) groups is 1. The third-order valence-electron chi connectivity index (χ3n) is 3.99. The Kier molecular flexibility index (Phi) is 6.49. The van der Waals surface area contributed by atoms with Crippen LogP contribution in [0.4, 0.5) is 0 Å². The van der Waals surface area contributed by atoms with Crippen LogP contribution in [-0.4, -0.2) is 36.4 Å². The predicted molar refractivity (Wildman–Crippen MR) is 108 cm³/mol. The molecule has 0 fully saturated rings. The highest BCUT2D eigenvalue weighted by Crippen LogP contribution is 2.30. The first-order valence-electron chi connectivity index (χ1n) is 8.83. The number of nitrogens with zero attached hydrogens (tertiary/aromatic N) is 1. The van der Waals surface area contributed by atoms with E-state index in [-0.39, 0.29) is 4.88 Å². The summed E-state index contributed by atoms with van der Waals surface area (Å²) in [5.74, 6) is 1.26. The van der Waals surface area contributed by atoms with Crippen molar-refractivity contribution in [1.82, 2.24) is 4.98 Å². The molecule has 0 amide bonds. The number of ether oxygens (including phenoxy) is 3. The van der Waals surface area contributed by atoms with Crippen LogP contribution in [-0.2, 0) is 6.42 Å².